The Morgan fingerprint density at radius 3 is 2.48 bits per heavy atom. The van der Waals surface area contributed by atoms with Crippen molar-refractivity contribution in [3.8, 4) is 0 Å². The molecule has 0 radical (unpaired) electrons. The van der Waals surface area contributed by atoms with E-state index < -0.39 is 30.8 Å². The molecule has 6 nitrogen and oxygen atoms in total. The number of ether oxygens (including phenoxy) is 2. The van der Waals surface area contributed by atoms with Crippen LogP contribution in [-0.4, -0.2) is 48.4 Å². The number of nitrogens with zero attached hydrogens (tertiary/aromatic N) is 1. The second kappa shape index (κ2) is 7.36. The first kappa shape index (κ1) is 17.1. The molecule has 2 unspecified atom stereocenters. The van der Waals surface area contributed by atoms with E-state index >= 15 is 0 Å². The number of alkyl halides is 2. The monoisotopic (exact) mass is 329 g/mol. The Labute approximate surface area is 131 Å². The molecule has 0 spiro atoms. The number of hydrogen-bond donors (Lipinski definition) is 1. The predicted octanol–water partition coefficient (Wildman–Crippen LogP) is 2.90. The molecular formula is C15H17F2NO5. The molecule has 0 saturated carbocycles. The van der Waals surface area contributed by atoms with Crippen LogP contribution in [0, 0.1) is 0 Å². The third-order valence-electron chi connectivity index (χ3n) is 3.81. The van der Waals surface area contributed by atoms with Crippen LogP contribution in [0.2, 0.25) is 0 Å². The van der Waals surface area contributed by atoms with E-state index in [1.165, 1.54) is 24.1 Å². The standard InChI is InChI=1S/C15H17F2NO5/c1-22-13(19)10-4-2-9(3-5-10)12-8-11(23-14(16)17)6-7-18(12)15(20)21/h2-5,11-12,14H,6-8H2,1H3,(H,20,21). The molecule has 1 aromatic rings. The van der Waals surface area contributed by atoms with Gasteiger partial charge in [0.2, 0.25) is 0 Å². The number of carbonyl (C=O) groups excluding carboxylic acids is 1. The van der Waals surface area contributed by atoms with Crippen LogP contribution in [0.3, 0.4) is 0 Å². The van der Waals surface area contributed by atoms with Crippen LogP contribution in [0.5, 0.6) is 0 Å². The quantitative estimate of drug-likeness (QED) is 0.860. The maximum absolute atomic E-state index is 12.4. The summed E-state index contributed by atoms with van der Waals surface area (Å²) in [5, 5.41) is 9.28. The van der Waals surface area contributed by atoms with Crippen molar-refractivity contribution in [1.29, 1.82) is 0 Å². The van der Waals surface area contributed by atoms with Crippen LogP contribution >= 0.6 is 0 Å². The fourth-order valence-electron chi connectivity index (χ4n) is 2.71. The van der Waals surface area contributed by atoms with Crippen molar-refractivity contribution in [3.63, 3.8) is 0 Å². The van der Waals surface area contributed by atoms with Crippen LogP contribution < -0.4 is 0 Å². The maximum atomic E-state index is 12.4. The van der Waals surface area contributed by atoms with Gasteiger partial charge in [0, 0.05) is 6.54 Å². The topological polar surface area (TPSA) is 76.1 Å². The zero-order chi connectivity index (χ0) is 17.0. The third kappa shape index (κ3) is 4.16. The minimum absolute atomic E-state index is 0.107. The lowest BCUT2D eigenvalue weighted by Gasteiger charge is -2.37. The molecule has 0 aromatic heterocycles. The summed E-state index contributed by atoms with van der Waals surface area (Å²) in [6, 6.07) is 5.61. The number of esters is 1. The number of carboxylic acid groups (broad SMARTS) is 1. The Kier molecular flexibility index (Phi) is 5.49. The Morgan fingerprint density at radius 1 is 1.30 bits per heavy atom. The van der Waals surface area contributed by atoms with Crippen LogP contribution in [0.4, 0.5) is 13.6 Å². The molecule has 1 N–H and O–H groups in total. The number of piperidine rings is 1. The van der Waals surface area contributed by atoms with Gasteiger partial charge in [-0.25, -0.2) is 9.59 Å². The summed E-state index contributed by atoms with van der Waals surface area (Å²) in [4.78, 5) is 24.0. The highest BCUT2D eigenvalue weighted by molar-refractivity contribution is 5.89. The predicted molar refractivity (Wildman–Crippen MR) is 75.4 cm³/mol. The van der Waals surface area contributed by atoms with Crippen LogP contribution in [0.25, 0.3) is 0 Å². The molecule has 1 amide bonds. The second-order valence-electron chi connectivity index (χ2n) is 5.15. The first-order chi connectivity index (χ1) is 10.9. The van der Waals surface area contributed by atoms with Gasteiger partial charge in [0.15, 0.2) is 0 Å². The molecule has 1 aliphatic rings. The van der Waals surface area contributed by atoms with E-state index in [-0.39, 0.29) is 19.4 Å². The van der Waals surface area contributed by atoms with Crippen molar-refractivity contribution >= 4 is 12.1 Å². The smallest absolute Gasteiger partial charge is 0.407 e. The maximum Gasteiger partial charge on any atom is 0.407 e. The lowest BCUT2D eigenvalue weighted by molar-refractivity contribution is -0.175. The summed E-state index contributed by atoms with van der Waals surface area (Å²) in [5.41, 5.74) is 0.942. The van der Waals surface area contributed by atoms with Gasteiger partial charge in [-0.15, -0.1) is 0 Å². The summed E-state index contributed by atoms with van der Waals surface area (Å²) < 4.78 is 33.9. The van der Waals surface area contributed by atoms with Gasteiger partial charge in [0.25, 0.3) is 0 Å². The molecule has 2 rings (SSSR count). The zero-order valence-electron chi connectivity index (χ0n) is 12.4. The average Bonchev–Trinajstić information content (AvgIpc) is 2.53. The number of carbonyl (C=O) groups is 2. The Hall–Kier alpha value is -2.22. The fraction of sp³-hybridized carbons (Fsp3) is 0.467. The number of rotatable bonds is 4. The highest BCUT2D eigenvalue weighted by Crippen LogP contribution is 2.33. The normalized spacial score (nSPS) is 21.3. The van der Waals surface area contributed by atoms with E-state index in [0.717, 1.165) is 0 Å². The zero-order valence-corrected chi connectivity index (χ0v) is 12.4. The summed E-state index contributed by atoms with van der Waals surface area (Å²) in [6.07, 6.45) is -1.49. The number of hydrogen-bond acceptors (Lipinski definition) is 4. The fourth-order valence-corrected chi connectivity index (χ4v) is 2.71. The molecule has 126 valence electrons. The van der Waals surface area contributed by atoms with Gasteiger partial charge < -0.3 is 19.5 Å². The summed E-state index contributed by atoms with van der Waals surface area (Å²) >= 11 is 0. The van der Waals surface area contributed by atoms with Gasteiger partial charge in [-0.05, 0) is 30.5 Å². The number of halogens is 2. The lowest BCUT2D eigenvalue weighted by Crippen LogP contribution is -2.43. The van der Waals surface area contributed by atoms with E-state index in [0.29, 0.717) is 11.1 Å². The van der Waals surface area contributed by atoms with Gasteiger partial charge in [-0.2, -0.15) is 8.78 Å². The van der Waals surface area contributed by atoms with Gasteiger partial charge in [0.1, 0.15) is 0 Å². The van der Waals surface area contributed by atoms with Crippen molar-refractivity contribution in [2.24, 2.45) is 0 Å². The summed E-state index contributed by atoms with van der Waals surface area (Å²) in [5.74, 6) is -0.505. The molecule has 1 saturated heterocycles. The molecule has 1 heterocycles. The largest absolute Gasteiger partial charge is 0.465 e. The molecule has 23 heavy (non-hydrogen) atoms. The van der Waals surface area contributed by atoms with E-state index in [2.05, 4.69) is 9.47 Å². The van der Waals surface area contributed by atoms with Crippen molar-refractivity contribution < 1.29 is 33.0 Å². The third-order valence-corrected chi connectivity index (χ3v) is 3.81. The van der Waals surface area contributed by atoms with Crippen LogP contribution in [0.15, 0.2) is 24.3 Å². The van der Waals surface area contributed by atoms with E-state index in [9.17, 15) is 23.5 Å². The van der Waals surface area contributed by atoms with E-state index in [4.69, 9.17) is 0 Å². The Bertz CT molecular complexity index is 563. The SMILES string of the molecule is COC(=O)c1ccc(C2CC(OC(F)F)CCN2C(=O)O)cc1. The Balaban J connectivity index is 2.20. The molecule has 1 aliphatic heterocycles. The lowest BCUT2D eigenvalue weighted by atomic mass is 9.93. The summed E-state index contributed by atoms with van der Waals surface area (Å²) in [7, 11) is 1.26. The molecule has 8 heteroatoms. The molecule has 0 bridgehead atoms. The first-order valence-corrected chi connectivity index (χ1v) is 7.03. The van der Waals surface area contributed by atoms with Crippen molar-refractivity contribution in [2.75, 3.05) is 13.7 Å². The van der Waals surface area contributed by atoms with Gasteiger partial charge in [-0.1, -0.05) is 12.1 Å². The second-order valence-corrected chi connectivity index (χ2v) is 5.15. The highest BCUT2D eigenvalue weighted by atomic mass is 19.3. The average molecular weight is 329 g/mol. The molecule has 1 aromatic carbocycles. The molecular weight excluding hydrogens is 312 g/mol. The highest BCUT2D eigenvalue weighted by Gasteiger charge is 2.34. The molecule has 2 atom stereocenters. The van der Waals surface area contributed by atoms with E-state index in [1.807, 2.05) is 0 Å². The first-order valence-electron chi connectivity index (χ1n) is 7.03. The Morgan fingerprint density at radius 2 is 1.96 bits per heavy atom. The molecule has 1 fully saturated rings. The van der Waals surface area contributed by atoms with Gasteiger partial charge in [-0.3, -0.25) is 0 Å². The van der Waals surface area contributed by atoms with Gasteiger partial charge >= 0.3 is 18.7 Å². The van der Waals surface area contributed by atoms with Crippen LogP contribution in [-0.2, 0) is 9.47 Å². The van der Waals surface area contributed by atoms with Crippen molar-refractivity contribution in [2.45, 2.75) is 31.6 Å². The van der Waals surface area contributed by atoms with E-state index in [1.54, 1.807) is 12.1 Å². The number of methoxy groups -OCH3 is 1. The number of amides is 1. The molecule has 0 aliphatic carbocycles. The van der Waals surface area contributed by atoms with Crippen molar-refractivity contribution in [3.05, 3.63) is 35.4 Å². The number of likely N-dealkylation sites (tertiary alicyclic amines) is 1. The van der Waals surface area contributed by atoms with Crippen LogP contribution in [0.1, 0.15) is 34.8 Å². The number of benzene rings is 1. The minimum atomic E-state index is -2.89. The minimum Gasteiger partial charge on any atom is -0.465 e. The van der Waals surface area contributed by atoms with Crippen molar-refractivity contribution in [1.82, 2.24) is 4.90 Å². The van der Waals surface area contributed by atoms with Gasteiger partial charge in [0.05, 0.1) is 24.8 Å². The summed E-state index contributed by atoms with van der Waals surface area (Å²) in [6.45, 7) is -2.78.